The van der Waals surface area contributed by atoms with E-state index in [9.17, 15) is 0 Å². The number of furan rings is 1. The molecule has 8 rings (SSSR count). The molecule has 0 fully saturated rings. The third kappa shape index (κ3) is 2.70. The molecule has 0 aliphatic rings. The molecule has 0 radical (unpaired) electrons. The molecule has 5 aromatic carbocycles. The number of rotatable bonds is 2. The Hall–Kier alpha value is -4.34. The van der Waals surface area contributed by atoms with Crippen LogP contribution in [0.3, 0.4) is 0 Å². The van der Waals surface area contributed by atoms with E-state index in [4.69, 9.17) is 4.42 Å². The van der Waals surface area contributed by atoms with E-state index in [-0.39, 0.29) is 0 Å². The molecule has 0 amide bonds. The van der Waals surface area contributed by atoms with Crippen LogP contribution in [0.1, 0.15) is 0 Å². The van der Waals surface area contributed by atoms with Crippen molar-refractivity contribution in [2.45, 2.75) is 0 Å². The Balaban J connectivity index is 1.36. The minimum atomic E-state index is 0.932. The molecule has 35 heavy (non-hydrogen) atoms. The number of para-hydroxylation sites is 3. The Kier molecular flexibility index (Phi) is 3.85. The lowest BCUT2D eigenvalue weighted by Gasteiger charge is -2.08. The first-order valence-electron chi connectivity index (χ1n) is 11.8. The van der Waals surface area contributed by atoms with Gasteiger partial charge in [0.1, 0.15) is 11.2 Å². The van der Waals surface area contributed by atoms with Gasteiger partial charge in [0.25, 0.3) is 0 Å². The van der Waals surface area contributed by atoms with Crippen LogP contribution < -0.4 is 0 Å². The van der Waals surface area contributed by atoms with Crippen LogP contribution in [0.4, 0.5) is 0 Å². The maximum atomic E-state index is 6.15. The average Bonchev–Trinajstić information content (AvgIpc) is 3.57. The molecule has 3 heteroatoms. The van der Waals surface area contributed by atoms with E-state index in [2.05, 4.69) is 108 Å². The number of hydrogen-bond acceptors (Lipinski definition) is 2. The Labute approximate surface area is 205 Å². The van der Waals surface area contributed by atoms with Gasteiger partial charge in [0.2, 0.25) is 0 Å². The van der Waals surface area contributed by atoms with Crippen molar-refractivity contribution >= 4 is 64.5 Å². The van der Waals surface area contributed by atoms with Crippen molar-refractivity contribution in [3.63, 3.8) is 0 Å². The van der Waals surface area contributed by atoms with E-state index in [1.165, 1.54) is 53.4 Å². The van der Waals surface area contributed by atoms with Crippen molar-refractivity contribution in [2.75, 3.05) is 0 Å². The number of fused-ring (bicyclic) bond motifs is 8. The molecule has 0 atom stereocenters. The third-order valence-electron chi connectivity index (χ3n) is 7.00. The Morgan fingerprint density at radius 1 is 0.543 bits per heavy atom. The zero-order chi connectivity index (χ0) is 22.9. The predicted octanol–water partition coefficient (Wildman–Crippen LogP) is 9.56. The van der Waals surface area contributed by atoms with E-state index in [1.54, 1.807) is 0 Å². The van der Waals surface area contributed by atoms with E-state index in [1.807, 2.05) is 23.5 Å². The van der Waals surface area contributed by atoms with Crippen molar-refractivity contribution in [3.05, 3.63) is 115 Å². The fraction of sp³-hybridized carbons (Fsp3) is 0. The average molecular weight is 466 g/mol. The maximum absolute atomic E-state index is 6.15. The molecule has 0 spiro atoms. The van der Waals surface area contributed by atoms with Crippen LogP contribution in [0.25, 0.3) is 70.0 Å². The molecule has 0 saturated heterocycles. The highest BCUT2D eigenvalue weighted by Gasteiger charge is 2.18. The van der Waals surface area contributed by atoms with Crippen molar-refractivity contribution in [3.8, 4) is 16.8 Å². The lowest BCUT2D eigenvalue weighted by Crippen LogP contribution is -1.92. The monoisotopic (exact) mass is 465 g/mol. The normalized spacial score (nSPS) is 12.0. The zero-order valence-electron chi connectivity index (χ0n) is 18.7. The first kappa shape index (κ1) is 19.0. The summed E-state index contributed by atoms with van der Waals surface area (Å²) in [6.45, 7) is 0. The van der Waals surface area contributed by atoms with E-state index in [0.717, 1.165) is 16.6 Å². The molecular formula is C32H19NOS. The number of benzene rings is 5. The highest BCUT2D eigenvalue weighted by molar-refractivity contribution is 7.26. The Morgan fingerprint density at radius 2 is 1.23 bits per heavy atom. The van der Waals surface area contributed by atoms with Gasteiger partial charge in [-0.2, -0.15) is 0 Å². The molecule has 0 aliphatic carbocycles. The molecule has 0 unspecified atom stereocenters. The summed E-state index contributed by atoms with van der Waals surface area (Å²) in [5, 5.41) is 4.92. The third-order valence-corrected chi connectivity index (χ3v) is 8.18. The molecule has 0 aliphatic heterocycles. The SMILES string of the molecule is c1ccc(-n2c3ccccc3c3sc4cc(-c5ccc6c(c5)oc5ccccc56)ccc4c32)cc1. The van der Waals surface area contributed by atoms with Crippen LogP contribution in [0.15, 0.2) is 120 Å². The second-order valence-corrected chi connectivity index (χ2v) is 10.0. The van der Waals surface area contributed by atoms with E-state index >= 15 is 0 Å². The predicted molar refractivity (Wildman–Crippen MR) is 149 cm³/mol. The first-order chi connectivity index (χ1) is 17.3. The minimum absolute atomic E-state index is 0.932. The molecule has 164 valence electrons. The van der Waals surface area contributed by atoms with Gasteiger partial charge in [-0.15, -0.1) is 11.3 Å². The first-order valence-corrected chi connectivity index (χ1v) is 12.6. The molecule has 2 nitrogen and oxygen atoms in total. The van der Waals surface area contributed by atoms with Gasteiger partial charge in [0, 0.05) is 31.9 Å². The number of hydrogen-bond donors (Lipinski definition) is 0. The summed E-state index contributed by atoms with van der Waals surface area (Å²) in [4.78, 5) is 0. The summed E-state index contributed by atoms with van der Waals surface area (Å²) in [5.41, 5.74) is 7.98. The Morgan fingerprint density at radius 3 is 2.11 bits per heavy atom. The van der Waals surface area contributed by atoms with Crippen molar-refractivity contribution in [1.29, 1.82) is 0 Å². The van der Waals surface area contributed by atoms with Crippen LogP contribution in [0.2, 0.25) is 0 Å². The fourth-order valence-electron chi connectivity index (χ4n) is 5.40. The standard InChI is InChI=1S/C32H19NOS/c1-2-8-22(9-3-1)33-27-12-6-4-11-25(27)32-31(33)26-17-15-21(19-30(26)35-32)20-14-16-24-23-10-5-7-13-28(23)34-29(24)18-20/h1-19H. The maximum Gasteiger partial charge on any atom is 0.136 e. The van der Waals surface area contributed by atoms with Gasteiger partial charge < -0.3 is 8.98 Å². The smallest absolute Gasteiger partial charge is 0.136 e. The fourth-order valence-corrected chi connectivity index (χ4v) is 6.66. The lowest BCUT2D eigenvalue weighted by molar-refractivity contribution is 0.669. The molecule has 0 saturated carbocycles. The molecule has 0 N–H and O–H groups in total. The minimum Gasteiger partial charge on any atom is -0.456 e. The molecule has 0 bridgehead atoms. The summed E-state index contributed by atoms with van der Waals surface area (Å²) in [6, 6.07) is 41.0. The Bertz CT molecular complexity index is 2060. The molecular weight excluding hydrogens is 446 g/mol. The van der Waals surface area contributed by atoms with Gasteiger partial charge in [-0.05, 0) is 53.6 Å². The summed E-state index contributed by atoms with van der Waals surface area (Å²) in [7, 11) is 0. The molecule has 3 aromatic heterocycles. The second kappa shape index (κ2) is 7.08. The van der Waals surface area contributed by atoms with Crippen molar-refractivity contribution < 1.29 is 4.42 Å². The van der Waals surface area contributed by atoms with Crippen molar-refractivity contribution in [1.82, 2.24) is 4.57 Å². The number of thiophene rings is 1. The van der Waals surface area contributed by atoms with Gasteiger partial charge >= 0.3 is 0 Å². The molecule has 8 aromatic rings. The van der Waals surface area contributed by atoms with Gasteiger partial charge in [0.05, 0.1) is 15.7 Å². The van der Waals surface area contributed by atoms with Gasteiger partial charge in [-0.3, -0.25) is 0 Å². The van der Waals surface area contributed by atoms with Crippen LogP contribution in [0.5, 0.6) is 0 Å². The number of aromatic nitrogens is 1. The van der Waals surface area contributed by atoms with Crippen LogP contribution >= 0.6 is 11.3 Å². The summed E-state index contributed by atoms with van der Waals surface area (Å²) < 4.78 is 11.2. The molecule has 3 heterocycles. The van der Waals surface area contributed by atoms with Gasteiger partial charge in [-0.25, -0.2) is 0 Å². The van der Waals surface area contributed by atoms with E-state index in [0.29, 0.717) is 0 Å². The summed E-state index contributed by atoms with van der Waals surface area (Å²) in [5.74, 6) is 0. The quantitative estimate of drug-likeness (QED) is 0.248. The zero-order valence-corrected chi connectivity index (χ0v) is 19.5. The van der Waals surface area contributed by atoms with Gasteiger partial charge in [-0.1, -0.05) is 72.8 Å². The highest BCUT2D eigenvalue weighted by atomic mass is 32.1. The summed E-state index contributed by atoms with van der Waals surface area (Å²) >= 11 is 1.88. The largest absolute Gasteiger partial charge is 0.456 e. The van der Waals surface area contributed by atoms with Crippen LogP contribution in [0, 0.1) is 0 Å². The van der Waals surface area contributed by atoms with Crippen LogP contribution in [-0.4, -0.2) is 4.57 Å². The summed E-state index contributed by atoms with van der Waals surface area (Å²) in [6.07, 6.45) is 0. The number of nitrogens with zero attached hydrogens (tertiary/aromatic N) is 1. The lowest BCUT2D eigenvalue weighted by atomic mass is 10.0. The van der Waals surface area contributed by atoms with E-state index < -0.39 is 0 Å². The van der Waals surface area contributed by atoms with Gasteiger partial charge in [0.15, 0.2) is 0 Å². The van der Waals surface area contributed by atoms with Crippen molar-refractivity contribution in [2.24, 2.45) is 0 Å². The highest BCUT2D eigenvalue weighted by Crippen LogP contribution is 2.43. The topological polar surface area (TPSA) is 18.1 Å². The van der Waals surface area contributed by atoms with Crippen LogP contribution in [-0.2, 0) is 0 Å². The second-order valence-electron chi connectivity index (χ2n) is 8.99.